The molecule has 0 aliphatic carbocycles. The van der Waals surface area contributed by atoms with Crippen molar-refractivity contribution in [3.8, 4) is 11.8 Å². The van der Waals surface area contributed by atoms with Gasteiger partial charge in [0.15, 0.2) is 6.61 Å². The average molecular weight is 415 g/mol. The smallest absolute Gasteiger partial charge is 0.338 e. The third kappa shape index (κ3) is 3.73. The molecule has 0 saturated carbocycles. The molecule has 0 N–H and O–H groups in total. The van der Waals surface area contributed by atoms with Gasteiger partial charge in [0.2, 0.25) is 5.78 Å². The molecule has 2 heterocycles. The largest absolute Gasteiger partial charge is 0.454 e. The Bertz CT molecular complexity index is 1190. The van der Waals surface area contributed by atoms with E-state index in [1.807, 2.05) is 65.5 Å². The summed E-state index contributed by atoms with van der Waals surface area (Å²) >= 11 is 1.36. The van der Waals surface area contributed by atoms with Crippen molar-refractivity contribution in [1.29, 1.82) is 5.26 Å². The van der Waals surface area contributed by atoms with Gasteiger partial charge in [-0.3, -0.25) is 4.79 Å². The van der Waals surface area contributed by atoms with Gasteiger partial charge in [-0.25, -0.2) is 4.79 Å². The second-order valence-electron chi connectivity index (χ2n) is 6.56. The third-order valence-electron chi connectivity index (χ3n) is 4.66. The van der Waals surface area contributed by atoms with Crippen molar-refractivity contribution in [2.24, 2.45) is 0 Å². The highest BCUT2D eigenvalue weighted by Gasteiger charge is 2.28. The normalized spacial score (nSPS) is 14.1. The van der Waals surface area contributed by atoms with Crippen molar-refractivity contribution in [2.75, 3.05) is 18.6 Å². The Kier molecular flexibility index (Phi) is 5.42. The van der Waals surface area contributed by atoms with E-state index in [9.17, 15) is 14.9 Å². The third-order valence-corrected chi connectivity index (χ3v) is 5.90. The van der Waals surface area contributed by atoms with Crippen LogP contribution in [0.15, 0.2) is 88.6 Å². The van der Waals surface area contributed by atoms with Crippen LogP contribution in [0.4, 0.5) is 5.69 Å². The van der Waals surface area contributed by atoms with E-state index in [-0.39, 0.29) is 5.57 Å². The van der Waals surface area contributed by atoms with E-state index in [2.05, 4.69) is 0 Å². The maximum absolute atomic E-state index is 12.6. The van der Waals surface area contributed by atoms with Gasteiger partial charge < -0.3 is 14.2 Å². The van der Waals surface area contributed by atoms with E-state index in [4.69, 9.17) is 4.74 Å². The molecule has 0 fully saturated rings. The van der Waals surface area contributed by atoms with Crippen LogP contribution in [0.2, 0.25) is 0 Å². The van der Waals surface area contributed by atoms with Crippen LogP contribution < -0.4 is 4.90 Å². The second kappa shape index (κ2) is 8.31. The number of nitriles is 1. The summed E-state index contributed by atoms with van der Waals surface area (Å²) < 4.78 is 7.07. The fourth-order valence-corrected chi connectivity index (χ4v) is 4.30. The lowest BCUT2D eigenvalue weighted by Gasteiger charge is -2.14. The molecule has 0 unspecified atom stereocenters. The monoisotopic (exact) mass is 415 g/mol. The van der Waals surface area contributed by atoms with Crippen molar-refractivity contribution in [1.82, 2.24) is 4.57 Å². The number of hydrogen-bond donors (Lipinski definition) is 0. The molecule has 0 radical (unpaired) electrons. The van der Waals surface area contributed by atoms with Crippen LogP contribution in [-0.4, -0.2) is 30.0 Å². The molecule has 0 saturated heterocycles. The minimum Gasteiger partial charge on any atom is -0.454 e. The number of ketones is 1. The van der Waals surface area contributed by atoms with E-state index in [1.54, 1.807) is 30.1 Å². The molecule has 0 atom stereocenters. The lowest BCUT2D eigenvalue weighted by atomic mass is 10.2. The molecule has 30 heavy (non-hydrogen) atoms. The van der Waals surface area contributed by atoms with Crippen LogP contribution in [0.5, 0.6) is 0 Å². The van der Waals surface area contributed by atoms with Crippen LogP contribution in [0, 0.1) is 11.3 Å². The Labute approximate surface area is 178 Å². The van der Waals surface area contributed by atoms with Crippen molar-refractivity contribution < 1.29 is 14.3 Å². The second-order valence-corrected chi connectivity index (χ2v) is 7.59. The highest BCUT2D eigenvalue weighted by molar-refractivity contribution is 8.03. The highest BCUT2D eigenvalue weighted by Crippen LogP contribution is 2.46. The molecule has 0 amide bonds. The number of anilines is 1. The molecule has 6 nitrogen and oxygen atoms in total. The summed E-state index contributed by atoms with van der Waals surface area (Å²) in [7, 11) is 1.80. The summed E-state index contributed by atoms with van der Waals surface area (Å²) in [6.07, 6.45) is 3.74. The van der Waals surface area contributed by atoms with E-state index in [1.165, 1.54) is 11.8 Å². The van der Waals surface area contributed by atoms with Gasteiger partial charge in [-0.1, -0.05) is 30.0 Å². The summed E-state index contributed by atoms with van der Waals surface area (Å²) in [6, 6.07) is 20.3. The number of thioether (sulfide) groups is 1. The minimum absolute atomic E-state index is 0.0207. The first kappa shape index (κ1) is 19.6. The number of Topliss-reactive ketones (excluding diaryl/α,β-unsaturated/α-hetero) is 1. The number of para-hydroxylation sites is 1. The first-order chi connectivity index (χ1) is 14.6. The van der Waals surface area contributed by atoms with Gasteiger partial charge in [0.25, 0.3) is 0 Å². The molecule has 148 valence electrons. The molecule has 0 spiro atoms. The number of carbonyl (C=O) groups excluding carboxylic acids is 2. The van der Waals surface area contributed by atoms with Gasteiger partial charge in [0.05, 0.1) is 11.3 Å². The number of rotatable bonds is 5. The number of benzene rings is 2. The van der Waals surface area contributed by atoms with Gasteiger partial charge >= 0.3 is 5.97 Å². The standard InChI is InChI=1S/C23H17N3O3S/c1-25-19-9-2-3-10-21(19)30-22(25)18(14-24)20(27)15-29-23(28)16-7-6-8-17(13-16)26-11-4-5-12-26/h2-13H,15H2,1H3/b22-18-. The summed E-state index contributed by atoms with van der Waals surface area (Å²) in [5.41, 5.74) is 2.05. The van der Waals surface area contributed by atoms with Crippen LogP contribution >= 0.6 is 11.8 Å². The number of aromatic nitrogens is 1. The molecule has 3 aromatic rings. The lowest BCUT2D eigenvalue weighted by molar-refractivity contribution is -0.118. The zero-order valence-corrected chi connectivity index (χ0v) is 16.9. The van der Waals surface area contributed by atoms with E-state index in [0.29, 0.717) is 10.6 Å². The lowest BCUT2D eigenvalue weighted by Crippen LogP contribution is -2.20. The molecule has 0 bridgehead atoms. The fraction of sp³-hybridized carbons (Fsp3) is 0.0870. The topological polar surface area (TPSA) is 75.3 Å². The number of nitrogens with zero attached hydrogens (tertiary/aromatic N) is 3. The SMILES string of the molecule is CN1/C(=C(\C#N)C(=O)COC(=O)c2cccc(-n3cccc3)c2)Sc2ccccc21. The molecule has 1 aliphatic rings. The van der Waals surface area contributed by atoms with Crippen molar-refractivity contribution in [3.63, 3.8) is 0 Å². The minimum atomic E-state index is -0.615. The predicted molar refractivity (Wildman–Crippen MR) is 114 cm³/mol. The highest BCUT2D eigenvalue weighted by atomic mass is 32.2. The van der Waals surface area contributed by atoms with Crippen LogP contribution in [-0.2, 0) is 9.53 Å². The zero-order chi connectivity index (χ0) is 21.1. The summed E-state index contributed by atoms with van der Waals surface area (Å²) in [6.45, 7) is -0.496. The Morgan fingerprint density at radius 2 is 1.83 bits per heavy atom. The molecular formula is C23H17N3O3S. The van der Waals surface area contributed by atoms with Crippen LogP contribution in [0.3, 0.4) is 0 Å². The molecular weight excluding hydrogens is 398 g/mol. The number of hydrogen-bond acceptors (Lipinski definition) is 6. The Hall–Kier alpha value is -3.76. The Balaban J connectivity index is 1.48. The predicted octanol–water partition coefficient (Wildman–Crippen LogP) is 4.18. The van der Waals surface area contributed by atoms with E-state index in [0.717, 1.165) is 16.3 Å². The number of esters is 1. The Morgan fingerprint density at radius 1 is 1.07 bits per heavy atom. The van der Waals surface area contributed by atoms with Gasteiger partial charge in [-0.05, 0) is 42.5 Å². The van der Waals surface area contributed by atoms with Crippen molar-refractivity contribution >= 4 is 29.2 Å². The maximum atomic E-state index is 12.6. The summed E-state index contributed by atoms with van der Waals surface area (Å²) in [5, 5.41) is 10.1. The van der Waals surface area contributed by atoms with Crippen LogP contribution in [0.1, 0.15) is 10.4 Å². The first-order valence-corrected chi connectivity index (χ1v) is 9.99. The van der Waals surface area contributed by atoms with Crippen LogP contribution in [0.25, 0.3) is 5.69 Å². The molecule has 2 aromatic carbocycles. The number of fused-ring (bicyclic) bond motifs is 1. The van der Waals surface area contributed by atoms with Gasteiger partial charge in [-0.15, -0.1) is 0 Å². The number of ether oxygens (including phenoxy) is 1. The summed E-state index contributed by atoms with van der Waals surface area (Å²) in [5.74, 6) is -1.15. The van der Waals surface area contributed by atoms with Gasteiger partial charge in [-0.2, -0.15) is 5.26 Å². The van der Waals surface area contributed by atoms with E-state index < -0.39 is 18.4 Å². The van der Waals surface area contributed by atoms with Crippen molar-refractivity contribution in [3.05, 3.63) is 89.2 Å². The van der Waals surface area contributed by atoms with Crippen molar-refractivity contribution in [2.45, 2.75) is 4.90 Å². The molecule has 1 aromatic heterocycles. The summed E-state index contributed by atoms with van der Waals surface area (Å²) in [4.78, 5) is 27.9. The molecule has 1 aliphatic heterocycles. The van der Waals surface area contributed by atoms with E-state index >= 15 is 0 Å². The molecule has 4 rings (SSSR count). The Morgan fingerprint density at radius 3 is 2.57 bits per heavy atom. The average Bonchev–Trinajstić information content (AvgIpc) is 3.42. The maximum Gasteiger partial charge on any atom is 0.338 e. The van der Waals surface area contributed by atoms with Gasteiger partial charge in [0.1, 0.15) is 16.7 Å². The first-order valence-electron chi connectivity index (χ1n) is 9.17. The van der Waals surface area contributed by atoms with Gasteiger partial charge in [0, 0.05) is 30.0 Å². The fourth-order valence-electron chi connectivity index (χ4n) is 3.14. The molecule has 7 heteroatoms. The quantitative estimate of drug-likeness (QED) is 0.354. The number of carbonyl (C=O) groups is 2. The zero-order valence-electron chi connectivity index (χ0n) is 16.1.